The van der Waals surface area contributed by atoms with Crippen molar-refractivity contribution < 1.29 is 14.2 Å². The Morgan fingerprint density at radius 3 is 2.33 bits per heavy atom. The summed E-state index contributed by atoms with van der Waals surface area (Å²) in [5.74, 6) is 2.23. The smallest absolute Gasteiger partial charge is 0.203 e. The fourth-order valence-electron chi connectivity index (χ4n) is 2.06. The predicted octanol–water partition coefficient (Wildman–Crippen LogP) is 2.80. The Hall–Kier alpha value is -1.88. The van der Waals surface area contributed by atoms with E-state index in [1.165, 1.54) is 0 Å². The molecule has 0 aliphatic carbocycles. The van der Waals surface area contributed by atoms with Gasteiger partial charge in [-0.1, -0.05) is 0 Å². The van der Waals surface area contributed by atoms with Crippen LogP contribution >= 0.6 is 11.6 Å². The lowest BCUT2D eigenvalue weighted by Crippen LogP contribution is -2.07. The molecule has 1 aromatic carbocycles. The van der Waals surface area contributed by atoms with E-state index in [-0.39, 0.29) is 0 Å². The van der Waals surface area contributed by atoms with E-state index in [1.54, 1.807) is 20.4 Å². The Morgan fingerprint density at radius 2 is 1.86 bits per heavy atom. The number of hydrogen-bond acceptors (Lipinski definition) is 4. The van der Waals surface area contributed by atoms with Crippen molar-refractivity contribution in [2.24, 2.45) is 7.05 Å². The minimum atomic E-state index is 0.391. The first kappa shape index (κ1) is 15.5. The number of rotatable bonds is 7. The van der Waals surface area contributed by atoms with Crippen LogP contribution in [0.2, 0.25) is 0 Å². The summed E-state index contributed by atoms with van der Waals surface area (Å²) in [5, 5.41) is 4.13. The maximum Gasteiger partial charge on any atom is 0.203 e. The van der Waals surface area contributed by atoms with Gasteiger partial charge in [0, 0.05) is 31.2 Å². The number of ether oxygens (including phenoxy) is 3. The molecule has 0 spiro atoms. The molecule has 0 unspecified atom stereocenters. The number of hydrogen-bond donors (Lipinski definition) is 0. The summed E-state index contributed by atoms with van der Waals surface area (Å²) in [4.78, 5) is 0. The van der Waals surface area contributed by atoms with Gasteiger partial charge in [-0.2, -0.15) is 5.10 Å². The lowest BCUT2D eigenvalue weighted by Gasteiger charge is -2.15. The van der Waals surface area contributed by atoms with Gasteiger partial charge in [-0.25, -0.2) is 0 Å². The lowest BCUT2D eigenvalue weighted by molar-refractivity contribution is 0.275. The Labute approximate surface area is 129 Å². The molecular formula is C15H19ClN2O3. The molecule has 0 bridgehead atoms. The van der Waals surface area contributed by atoms with Gasteiger partial charge in [-0.3, -0.25) is 4.68 Å². The summed E-state index contributed by atoms with van der Waals surface area (Å²) >= 11 is 5.86. The van der Waals surface area contributed by atoms with Crippen molar-refractivity contribution in [1.82, 2.24) is 9.78 Å². The summed E-state index contributed by atoms with van der Waals surface area (Å²) in [6.45, 7) is 0.506. The van der Waals surface area contributed by atoms with E-state index in [1.807, 2.05) is 29.9 Å². The van der Waals surface area contributed by atoms with E-state index >= 15 is 0 Å². The summed E-state index contributed by atoms with van der Waals surface area (Å²) < 4.78 is 18.4. The van der Waals surface area contributed by atoms with E-state index in [2.05, 4.69) is 5.10 Å². The molecule has 0 aliphatic rings. The van der Waals surface area contributed by atoms with Crippen LogP contribution in [-0.4, -0.2) is 30.6 Å². The maximum atomic E-state index is 5.86. The van der Waals surface area contributed by atoms with Crippen LogP contribution in [0.25, 0.3) is 0 Å². The van der Waals surface area contributed by atoms with Crippen LogP contribution in [0.4, 0.5) is 0 Å². The van der Waals surface area contributed by atoms with Gasteiger partial charge in [0.05, 0.1) is 20.8 Å². The number of benzene rings is 1. The molecule has 0 fully saturated rings. The zero-order valence-corrected chi connectivity index (χ0v) is 13.2. The number of halogens is 1. The first-order valence-corrected chi connectivity index (χ1v) is 7.13. The molecule has 0 N–H and O–H groups in total. The molecule has 0 amide bonds. The molecule has 5 nitrogen and oxygen atoms in total. The fourth-order valence-corrected chi connectivity index (χ4v) is 2.21. The van der Waals surface area contributed by atoms with Crippen LogP contribution in [0.15, 0.2) is 24.4 Å². The Bertz CT molecular complexity index is 573. The van der Waals surface area contributed by atoms with Crippen LogP contribution in [0.1, 0.15) is 11.3 Å². The fraction of sp³-hybridized carbons (Fsp3) is 0.400. The van der Waals surface area contributed by atoms with Gasteiger partial charge in [-0.15, -0.1) is 11.6 Å². The van der Waals surface area contributed by atoms with Crippen LogP contribution in [0.5, 0.6) is 17.2 Å². The molecule has 0 radical (unpaired) electrons. The van der Waals surface area contributed by atoms with Crippen LogP contribution < -0.4 is 14.2 Å². The maximum absolute atomic E-state index is 5.86. The highest BCUT2D eigenvalue weighted by Gasteiger charge is 2.14. The lowest BCUT2D eigenvalue weighted by atomic mass is 10.2. The summed E-state index contributed by atoms with van der Waals surface area (Å²) in [6, 6.07) is 5.68. The summed E-state index contributed by atoms with van der Waals surface area (Å²) in [5.41, 5.74) is 2.02. The van der Waals surface area contributed by atoms with E-state index in [9.17, 15) is 0 Å². The number of aryl methyl sites for hydroxylation is 1. The van der Waals surface area contributed by atoms with Crippen molar-refractivity contribution >= 4 is 11.6 Å². The van der Waals surface area contributed by atoms with Crippen molar-refractivity contribution in [2.45, 2.75) is 12.3 Å². The highest BCUT2D eigenvalue weighted by atomic mass is 35.5. The second-order valence-electron chi connectivity index (χ2n) is 4.51. The molecule has 0 atom stereocenters. The van der Waals surface area contributed by atoms with Crippen molar-refractivity contribution in [3.63, 3.8) is 0 Å². The van der Waals surface area contributed by atoms with E-state index in [0.29, 0.717) is 29.7 Å². The molecule has 1 heterocycles. The van der Waals surface area contributed by atoms with Gasteiger partial charge in [0.15, 0.2) is 11.5 Å². The van der Waals surface area contributed by atoms with Gasteiger partial charge in [-0.05, 0) is 23.8 Å². The minimum absolute atomic E-state index is 0.391. The first-order chi connectivity index (χ1) is 10.2. The minimum Gasteiger partial charge on any atom is -0.493 e. The molecule has 114 valence electrons. The molecule has 0 aliphatic heterocycles. The van der Waals surface area contributed by atoms with Gasteiger partial charge in [0.1, 0.15) is 0 Å². The third-order valence-corrected chi connectivity index (χ3v) is 3.51. The molecule has 0 saturated heterocycles. The van der Waals surface area contributed by atoms with Crippen LogP contribution in [-0.2, 0) is 19.3 Å². The van der Waals surface area contributed by atoms with Gasteiger partial charge in [0.2, 0.25) is 5.75 Å². The number of alkyl halides is 1. The average molecular weight is 311 g/mol. The normalized spacial score (nSPS) is 10.5. The first-order valence-electron chi connectivity index (χ1n) is 6.60. The third-order valence-electron chi connectivity index (χ3n) is 3.20. The van der Waals surface area contributed by atoms with Crippen molar-refractivity contribution in [3.8, 4) is 17.2 Å². The average Bonchev–Trinajstić information content (AvgIpc) is 2.92. The highest BCUT2D eigenvalue weighted by Crippen LogP contribution is 2.39. The van der Waals surface area contributed by atoms with Gasteiger partial charge < -0.3 is 14.2 Å². The SMILES string of the molecule is COc1cc(CCl)cc(OC)c1OCCc1ccnn1C. The Kier molecular flexibility index (Phi) is 5.33. The predicted molar refractivity (Wildman–Crippen MR) is 81.5 cm³/mol. The number of methoxy groups -OCH3 is 2. The third kappa shape index (κ3) is 3.61. The topological polar surface area (TPSA) is 45.5 Å². The second-order valence-corrected chi connectivity index (χ2v) is 4.77. The number of nitrogens with zero attached hydrogens (tertiary/aromatic N) is 2. The van der Waals surface area contributed by atoms with Crippen LogP contribution in [0, 0.1) is 0 Å². The molecule has 2 aromatic rings. The van der Waals surface area contributed by atoms with E-state index < -0.39 is 0 Å². The molecule has 1 aromatic heterocycles. The van der Waals surface area contributed by atoms with Gasteiger partial charge in [0.25, 0.3) is 0 Å². The molecular weight excluding hydrogens is 292 g/mol. The highest BCUT2D eigenvalue weighted by molar-refractivity contribution is 6.17. The molecule has 2 rings (SSSR count). The van der Waals surface area contributed by atoms with Crippen LogP contribution in [0.3, 0.4) is 0 Å². The molecule has 21 heavy (non-hydrogen) atoms. The quantitative estimate of drug-likeness (QED) is 0.738. The zero-order valence-electron chi connectivity index (χ0n) is 12.4. The largest absolute Gasteiger partial charge is 0.493 e. The zero-order chi connectivity index (χ0) is 15.2. The Morgan fingerprint density at radius 1 is 1.19 bits per heavy atom. The standard InChI is InChI=1S/C15H19ClN2O3/c1-18-12(4-6-17-18)5-7-21-15-13(19-2)8-11(10-16)9-14(15)20-3/h4,6,8-9H,5,7,10H2,1-3H3. The summed E-state index contributed by atoms with van der Waals surface area (Å²) in [7, 11) is 5.10. The summed E-state index contributed by atoms with van der Waals surface area (Å²) in [6.07, 6.45) is 2.52. The molecule has 0 saturated carbocycles. The van der Waals surface area contributed by atoms with Crippen molar-refractivity contribution in [1.29, 1.82) is 0 Å². The van der Waals surface area contributed by atoms with Crippen molar-refractivity contribution in [3.05, 3.63) is 35.7 Å². The van der Waals surface area contributed by atoms with E-state index in [0.717, 1.165) is 17.7 Å². The monoisotopic (exact) mass is 310 g/mol. The van der Waals surface area contributed by atoms with Crippen molar-refractivity contribution in [2.75, 3.05) is 20.8 Å². The second kappa shape index (κ2) is 7.22. The van der Waals surface area contributed by atoms with E-state index in [4.69, 9.17) is 25.8 Å². The molecule has 6 heteroatoms. The Balaban J connectivity index is 2.13. The number of aromatic nitrogens is 2. The van der Waals surface area contributed by atoms with Gasteiger partial charge >= 0.3 is 0 Å².